The molecule has 2 aliphatic rings. The maximum absolute atomic E-state index is 12.4. The molecule has 0 bridgehead atoms. The second-order valence-electron chi connectivity index (χ2n) is 5.35. The molecule has 120 valence electrons. The second kappa shape index (κ2) is 7.89. The van der Waals surface area contributed by atoms with Crippen LogP contribution in [0.2, 0.25) is 0 Å². The Balaban J connectivity index is 1.82. The Bertz CT molecular complexity index is 362. The first-order valence-corrected chi connectivity index (χ1v) is 8.96. The number of nitrogens with one attached hydrogen (secondary N) is 1. The Morgan fingerprint density at radius 2 is 1.76 bits per heavy atom. The van der Waals surface area contributed by atoms with Crippen molar-refractivity contribution in [1.29, 1.82) is 0 Å². The highest BCUT2D eigenvalue weighted by atomic mass is 32.2. The van der Waals surface area contributed by atoms with Gasteiger partial charge >= 0.3 is 6.03 Å². The zero-order valence-corrected chi connectivity index (χ0v) is 13.8. The summed E-state index contributed by atoms with van der Waals surface area (Å²) in [7, 11) is 0. The van der Waals surface area contributed by atoms with Crippen LogP contribution in [0.5, 0.6) is 0 Å². The third kappa shape index (κ3) is 4.03. The number of urea groups is 1. The van der Waals surface area contributed by atoms with Crippen LogP contribution >= 0.6 is 11.8 Å². The van der Waals surface area contributed by atoms with Crippen molar-refractivity contribution in [3.8, 4) is 0 Å². The number of rotatable bonds is 3. The average Bonchev–Trinajstić information content (AvgIpc) is 2.56. The lowest BCUT2D eigenvalue weighted by Gasteiger charge is -2.38. The predicted molar refractivity (Wildman–Crippen MR) is 85.6 cm³/mol. The van der Waals surface area contributed by atoms with Gasteiger partial charge in [0, 0.05) is 57.3 Å². The van der Waals surface area contributed by atoms with Crippen LogP contribution in [0.15, 0.2) is 0 Å². The van der Waals surface area contributed by atoms with Crippen molar-refractivity contribution in [3.63, 3.8) is 0 Å². The fourth-order valence-corrected chi connectivity index (χ4v) is 3.68. The minimum absolute atomic E-state index is 0.0474. The number of carbonyl (C=O) groups is 2. The number of amides is 3. The van der Waals surface area contributed by atoms with E-state index in [4.69, 9.17) is 0 Å². The molecule has 6 nitrogen and oxygen atoms in total. The normalized spacial score (nSPS) is 23.0. The van der Waals surface area contributed by atoms with Gasteiger partial charge in [0.25, 0.3) is 0 Å². The van der Waals surface area contributed by atoms with E-state index in [1.807, 2.05) is 40.3 Å². The third-order valence-electron chi connectivity index (χ3n) is 4.12. The zero-order valence-electron chi connectivity index (χ0n) is 13.0. The maximum atomic E-state index is 12.4. The first kappa shape index (κ1) is 16.4. The smallest absolute Gasteiger partial charge is 0.320 e. The molecule has 0 aromatic carbocycles. The molecule has 2 heterocycles. The van der Waals surface area contributed by atoms with Gasteiger partial charge in [0.15, 0.2) is 0 Å². The van der Waals surface area contributed by atoms with Gasteiger partial charge in [0.1, 0.15) is 0 Å². The molecule has 21 heavy (non-hydrogen) atoms. The van der Waals surface area contributed by atoms with Crippen LogP contribution < -0.4 is 5.32 Å². The van der Waals surface area contributed by atoms with Gasteiger partial charge in [0.2, 0.25) is 5.91 Å². The molecule has 0 radical (unpaired) electrons. The van der Waals surface area contributed by atoms with Crippen LogP contribution in [0.25, 0.3) is 0 Å². The van der Waals surface area contributed by atoms with Crippen molar-refractivity contribution in [2.45, 2.75) is 19.9 Å². The summed E-state index contributed by atoms with van der Waals surface area (Å²) < 4.78 is 0. The van der Waals surface area contributed by atoms with E-state index in [0.717, 1.165) is 31.1 Å². The van der Waals surface area contributed by atoms with Crippen molar-refractivity contribution in [1.82, 2.24) is 20.0 Å². The molecule has 0 aliphatic carbocycles. The minimum Gasteiger partial charge on any atom is -0.338 e. The Kier molecular flexibility index (Phi) is 6.17. The molecule has 2 rings (SSSR count). The van der Waals surface area contributed by atoms with Gasteiger partial charge < -0.3 is 20.0 Å². The summed E-state index contributed by atoms with van der Waals surface area (Å²) in [5, 5.41) is 3.29. The van der Waals surface area contributed by atoms with E-state index in [1.54, 1.807) is 0 Å². The highest BCUT2D eigenvalue weighted by Crippen LogP contribution is 2.12. The molecule has 3 amide bonds. The van der Waals surface area contributed by atoms with E-state index < -0.39 is 0 Å². The van der Waals surface area contributed by atoms with Crippen LogP contribution in [-0.4, -0.2) is 90.0 Å². The van der Waals surface area contributed by atoms with Crippen LogP contribution in [0.4, 0.5) is 4.79 Å². The molecule has 0 spiro atoms. The SMILES string of the molecule is CCN(CC)C(=O)N1CCN(C(=O)C2CSCCN2)CC1. The summed E-state index contributed by atoms with van der Waals surface area (Å²) in [5.74, 6) is 2.13. The molecular formula is C14H26N4O2S. The maximum Gasteiger partial charge on any atom is 0.320 e. The number of hydrogen-bond acceptors (Lipinski definition) is 4. The van der Waals surface area contributed by atoms with Gasteiger partial charge in [-0.05, 0) is 13.8 Å². The molecule has 2 fully saturated rings. The van der Waals surface area contributed by atoms with Crippen molar-refractivity contribution < 1.29 is 9.59 Å². The second-order valence-corrected chi connectivity index (χ2v) is 6.50. The number of carbonyl (C=O) groups excluding carboxylic acids is 2. The van der Waals surface area contributed by atoms with Crippen LogP contribution in [-0.2, 0) is 4.79 Å². The van der Waals surface area contributed by atoms with Crippen molar-refractivity contribution >= 4 is 23.7 Å². The van der Waals surface area contributed by atoms with Crippen molar-refractivity contribution in [2.24, 2.45) is 0 Å². The number of piperazine rings is 1. The lowest BCUT2D eigenvalue weighted by atomic mass is 10.2. The summed E-state index contributed by atoms with van der Waals surface area (Å²) in [4.78, 5) is 30.3. The van der Waals surface area contributed by atoms with E-state index >= 15 is 0 Å². The topological polar surface area (TPSA) is 55.9 Å². The fourth-order valence-electron chi connectivity index (χ4n) is 2.76. The van der Waals surface area contributed by atoms with Crippen LogP contribution in [0.3, 0.4) is 0 Å². The first-order valence-electron chi connectivity index (χ1n) is 7.81. The summed E-state index contributed by atoms with van der Waals surface area (Å²) >= 11 is 1.83. The highest BCUT2D eigenvalue weighted by Gasteiger charge is 2.30. The Morgan fingerprint density at radius 3 is 2.29 bits per heavy atom. The first-order chi connectivity index (χ1) is 10.2. The van der Waals surface area contributed by atoms with E-state index in [9.17, 15) is 9.59 Å². The Morgan fingerprint density at radius 1 is 1.14 bits per heavy atom. The molecule has 7 heteroatoms. The lowest BCUT2D eigenvalue weighted by molar-refractivity contribution is -0.134. The van der Waals surface area contributed by atoms with Gasteiger partial charge in [-0.3, -0.25) is 4.79 Å². The lowest BCUT2D eigenvalue weighted by Crippen LogP contribution is -2.58. The van der Waals surface area contributed by atoms with Crippen molar-refractivity contribution in [2.75, 3.05) is 57.3 Å². The van der Waals surface area contributed by atoms with E-state index in [1.165, 1.54) is 0 Å². The summed E-state index contributed by atoms with van der Waals surface area (Å²) in [6.07, 6.45) is 0. The largest absolute Gasteiger partial charge is 0.338 e. The molecular weight excluding hydrogens is 288 g/mol. The predicted octanol–water partition coefficient (Wildman–Crippen LogP) is 0.297. The monoisotopic (exact) mass is 314 g/mol. The number of thioether (sulfide) groups is 1. The Labute approximate surface area is 131 Å². The molecule has 1 N–H and O–H groups in total. The molecule has 0 aromatic rings. The Hall–Kier alpha value is -0.950. The summed E-state index contributed by atoms with van der Waals surface area (Å²) in [6.45, 7) is 8.93. The van der Waals surface area contributed by atoms with E-state index in [-0.39, 0.29) is 18.0 Å². The van der Waals surface area contributed by atoms with Gasteiger partial charge in [-0.2, -0.15) is 11.8 Å². The number of hydrogen-bond donors (Lipinski definition) is 1. The number of nitrogens with zero attached hydrogens (tertiary/aromatic N) is 3. The standard InChI is InChI=1S/C14H26N4O2S/c1-3-16(4-2)14(20)18-8-6-17(7-9-18)13(19)12-11-21-10-5-15-12/h12,15H,3-11H2,1-2H3. The van der Waals surface area contributed by atoms with Crippen LogP contribution in [0, 0.1) is 0 Å². The van der Waals surface area contributed by atoms with Crippen molar-refractivity contribution in [3.05, 3.63) is 0 Å². The van der Waals surface area contributed by atoms with E-state index in [0.29, 0.717) is 26.2 Å². The highest BCUT2D eigenvalue weighted by molar-refractivity contribution is 7.99. The molecule has 1 unspecified atom stereocenters. The molecule has 2 aliphatic heterocycles. The van der Waals surface area contributed by atoms with Gasteiger partial charge in [-0.1, -0.05) is 0 Å². The fraction of sp³-hybridized carbons (Fsp3) is 0.857. The van der Waals surface area contributed by atoms with Crippen LogP contribution in [0.1, 0.15) is 13.8 Å². The minimum atomic E-state index is -0.0474. The molecule has 2 saturated heterocycles. The van der Waals surface area contributed by atoms with Gasteiger partial charge in [-0.15, -0.1) is 0 Å². The molecule has 1 atom stereocenters. The van der Waals surface area contributed by atoms with Gasteiger partial charge in [-0.25, -0.2) is 4.79 Å². The quantitative estimate of drug-likeness (QED) is 0.814. The van der Waals surface area contributed by atoms with E-state index in [2.05, 4.69) is 5.32 Å². The van der Waals surface area contributed by atoms with Gasteiger partial charge in [0.05, 0.1) is 6.04 Å². The summed E-state index contributed by atoms with van der Waals surface area (Å²) in [5.41, 5.74) is 0. The molecule has 0 saturated carbocycles. The average molecular weight is 314 g/mol. The third-order valence-corrected chi connectivity index (χ3v) is 5.18. The molecule has 0 aromatic heterocycles. The summed E-state index contributed by atoms with van der Waals surface area (Å²) in [6, 6.07) is 0.0484. The zero-order chi connectivity index (χ0) is 15.2.